The second-order valence-corrected chi connectivity index (χ2v) is 13.0. The third kappa shape index (κ3) is 3.46. The van der Waals surface area contributed by atoms with Crippen LogP contribution in [0.4, 0.5) is 0 Å². The van der Waals surface area contributed by atoms with Crippen LogP contribution in [-0.4, -0.2) is 40.4 Å². The second kappa shape index (κ2) is 8.71. The molecule has 190 valence electrons. The summed E-state index contributed by atoms with van der Waals surface area (Å²) >= 11 is 0. The highest BCUT2D eigenvalue weighted by molar-refractivity contribution is 5.86. The van der Waals surface area contributed by atoms with Crippen LogP contribution in [0.5, 0.6) is 0 Å². The minimum atomic E-state index is -0.376. The zero-order chi connectivity index (χ0) is 25.1. The minimum Gasteiger partial charge on any atom is -0.392 e. The van der Waals surface area contributed by atoms with E-state index in [4.69, 9.17) is 0 Å². The first-order valence-electron chi connectivity index (χ1n) is 13.4. The molecule has 0 bridgehead atoms. The Morgan fingerprint density at radius 1 is 1.12 bits per heavy atom. The monoisotopic (exact) mass is 470 g/mol. The average Bonchev–Trinajstić information content (AvgIpc) is 3.01. The molecule has 4 rings (SSSR count). The van der Waals surface area contributed by atoms with Crippen LogP contribution < -0.4 is 0 Å². The van der Waals surface area contributed by atoms with Gasteiger partial charge in [-0.1, -0.05) is 59.8 Å². The van der Waals surface area contributed by atoms with Crippen molar-refractivity contribution in [2.75, 3.05) is 13.2 Å². The summed E-state index contributed by atoms with van der Waals surface area (Å²) in [6.45, 7) is 13.5. The number of allylic oxidation sites excluding steroid dienone is 4. The molecule has 0 amide bonds. The van der Waals surface area contributed by atoms with E-state index in [0.717, 1.165) is 38.5 Å². The lowest BCUT2D eigenvalue weighted by molar-refractivity contribution is -0.138. The summed E-state index contributed by atoms with van der Waals surface area (Å²) in [5, 5.41) is 30.3. The molecule has 1 unspecified atom stereocenters. The molecule has 0 heterocycles. The molecule has 7 atom stereocenters. The van der Waals surface area contributed by atoms with E-state index in [0.29, 0.717) is 35.5 Å². The molecular formula is C30H46O4. The average molecular weight is 471 g/mol. The molecule has 4 aliphatic carbocycles. The fraction of sp³-hybridized carbons (Fsp3) is 0.767. The number of carbonyl (C=O) groups is 1. The quantitative estimate of drug-likeness (QED) is 0.456. The minimum absolute atomic E-state index is 0.00889. The van der Waals surface area contributed by atoms with Crippen LogP contribution in [0.25, 0.3) is 0 Å². The normalized spacial score (nSPS) is 41.6. The Labute approximate surface area is 206 Å². The van der Waals surface area contributed by atoms with E-state index in [1.165, 1.54) is 11.1 Å². The molecule has 4 nitrogen and oxygen atoms in total. The van der Waals surface area contributed by atoms with Crippen molar-refractivity contribution in [3.63, 3.8) is 0 Å². The highest BCUT2D eigenvalue weighted by Crippen LogP contribution is 2.71. The van der Waals surface area contributed by atoms with E-state index < -0.39 is 0 Å². The molecule has 0 spiro atoms. The van der Waals surface area contributed by atoms with E-state index in [1.807, 2.05) is 6.08 Å². The maximum absolute atomic E-state index is 12.8. The molecule has 3 N–H and O–H groups in total. The molecule has 0 aromatic rings. The van der Waals surface area contributed by atoms with Gasteiger partial charge in [-0.3, -0.25) is 4.79 Å². The molecule has 4 heteroatoms. The maximum atomic E-state index is 12.8. The Morgan fingerprint density at radius 2 is 1.79 bits per heavy atom. The summed E-state index contributed by atoms with van der Waals surface area (Å²) in [6.07, 6.45) is 12.5. The van der Waals surface area contributed by atoms with Gasteiger partial charge in [-0.2, -0.15) is 0 Å². The van der Waals surface area contributed by atoms with Gasteiger partial charge in [0.25, 0.3) is 0 Å². The first kappa shape index (κ1) is 25.9. The summed E-state index contributed by atoms with van der Waals surface area (Å²) in [5.74, 6) is 1.55. The highest BCUT2D eigenvalue weighted by Gasteiger charge is 2.66. The SMILES string of the molecule is C[C@H](CCC=C(CO)CO)[C@H]1C[C@H](O)[C@@]2(C)C3=CCC4C(C)(C)C(=O)CC[C@]4(C)C3=CC[C@]12C. The zero-order valence-corrected chi connectivity index (χ0v) is 22.2. The van der Waals surface area contributed by atoms with Crippen LogP contribution in [0, 0.1) is 39.4 Å². The smallest absolute Gasteiger partial charge is 0.138 e. The van der Waals surface area contributed by atoms with E-state index in [-0.39, 0.29) is 41.0 Å². The fourth-order valence-corrected chi connectivity index (χ4v) is 8.68. The number of aliphatic hydroxyl groups excluding tert-OH is 3. The lowest BCUT2D eigenvalue weighted by Crippen LogP contribution is -2.54. The molecular weight excluding hydrogens is 424 g/mol. The first-order chi connectivity index (χ1) is 15.9. The predicted molar refractivity (Wildman–Crippen MR) is 136 cm³/mol. The lowest BCUT2D eigenvalue weighted by atomic mass is 9.44. The summed E-state index contributed by atoms with van der Waals surface area (Å²) < 4.78 is 0. The van der Waals surface area contributed by atoms with Crippen molar-refractivity contribution in [2.45, 2.75) is 92.6 Å². The molecule has 0 aromatic heterocycles. The third-order valence-corrected chi connectivity index (χ3v) is 11.3. The van der Waals surface area contributed by atoms with Crippen molar-refractivity contribution in [1.29, 1.82) is 0 Å². The Bertz CT molecular complexity index is 920. The number of aliphatic hydroxyl groups is 3. The maximum Gasteiger partial charge on any atom is 0.138 e. The lowest BCUT2D eigenvalue weighted by Gasteiger charge is -2.60. The standard InChI is InChI=1S/C30H46O4/c1-19(8-7-9-20(17-31)18-32)23-16-26(34)30(6)22-10-11-24-27(2,3)25(33)13-14-28(24,4)21(22)12-15-29(23,30)5/h9-10,12,19,23-24,26,31-32,34H,7-8,11,13-18H2,1-6H3/t19-,23-,24?,26+,28-,29-,30-/m1/s1. The van der Waals surface area contributed by atoms with Gasteiger partial charge >= 0.3 is 0 Å². The van der Waals surface area contributed by atoms with Crippen LogP contribution in [0.2, 0.25) is 0 Å². The summed E-state index contributed by atoms with van der Waals surface area (Å²) in [7, 11) is 0. The van der Waals surface area contributed by atoms with Crippen molar-refractivity contribution < 1.29 is 20.1 Å². The Balaban J connectivity index is 1.66. The van der Waals surface area contributed by atoms with Crippen LogP contribution in [0.1, 0.15) is 86.5 Å². The molecule has 0 saturated heterocycles. The van der Waals surface area contributed by atoms with Crippen molar-refractivity contribution >= 4 is 5.78 Å². The van der Waals surface area contributed by atoms with Crippen LogP contribution >= 0.6 is 0 Å². The number of rotatable bonds is 6. The van der Waals surface area contributed by atoms with Gasteiger partial charge in [0.1, 0.15) is 5.78 Å². The number of carbonyl (C=O) groups excluding carboxylic acids is 1. The largest absolute Gasteiger partial charge is 0.392 e. The highest BCUT2D eigenvalue weighted by atomic mass is 16.3. The van der Waals surface area contributed by atoms with Gasteiger partial charge in [-0.15, -0.1) is 0 Å². The van der Waals surface area contributed by atoms with Crippen LogP contribution in [0.3, 0.4) is 0 Å². The van der Waals surface area contributed by atoms with E-state index >= 15 is 0 Å². The van der Waals surface area contributed by atoms with E-state index in [9.17, 15) is 20.1 Å². The molecule has 34 heavy (non-hydrogen) atoms. The molecule has 0 aliphatic heterocycles. The Morgan fingerprint density at radius 3 is 2.44 bits per heavy atom. The predicted octanol–water partition coefficient (Wildman–Crippen LogP) is 5.38. The molecule has 2 saturated carbocycles. The molecule has 4 aliphatic rings. The number of Topliss-reactive ketones (excluding diaryl/α,β-unsaturated/α-hetero) is 1. The number of hydrogen-bond donors (Lipinski definition) is 3. The van der Waals surface area contributed by atoms with Crippen molar-refractivity contribution in [2.24, 2.45) is 39.4 Å². The molecule has 0 aromatic carbocycles. The summed E-state index contributed by atoms with van der Waals surface area (Å²) in [6, 6.07) is 0. The van der Waals surface area contributed by atoms with Crippen LogP contribution in [-0.2, 0) is 4.79 Å². The second-order valence-electron chi connectivity index (χ2n) is 13.0. The van der Waals surface area contributed by atoms with Gasteiger partial charge in [0.15, 0.2) is 0 Å². The third-order valence-electron chi connectivity index (χ3n) is 11.3. The summed E-state index contributed by atoms with van der Waals surface area (Å²) in [4.78, 5) is 12.8. The van der Waals surface area contributed by atoms with Crippen LogP contribution in [0.15, 0.2) is 34.9 Å². The molecule has 2 fully saturated rings. The Kier molecular flexibility index (Phi) is 6.62. The van der Waals surface area contributed by atoms with Gasteiger partial charge in [-0.25, -0.2) is 0 Å². The van der Waals surface area contributed by atoms with Gasteiger partial charge < -0.3 is 15.3 Å². The van der Waals surface area contributed by atoms with E-state index in [2.05, 4.69) is 53.7 Å². The number of ketones is 1. The number of hydrogen-bond acceptors (Lipinski definition) is 4. The van der Waals surface area contributed by atoms with Crippen molar-refractivity contribution in [3.8, 4) is 0 Å². The van der Waals surface area contributed by atoms with Crippen molar-refractivity contribution in [3.05, 3.63) is 34.9 Å². The van der Waals surface area contributed by atoms with Gasteiger partial charge in [0, 0.05) is 17.3 Å². The fourth-order valence-electron chi connectivity index (χ4n) is 8.68. The molecule has 0 radical (unpaired) electrons. The summed E-state index contributed by atoms with van der Waals surface area (Å²) in [5.41, 5.74) is 2.83. The van der Waals surface area contributed by atoms with Gasteiger partial charge in [0.2, 0.25) is 0 Å². The zero-order valence-electron chi connectivity index (χ0n) is 22.2. The van der Waals surface area contributed by atoms with Gasteiger partial charge in [-0.05, 0) is 83.8 Å². The first-order valence-corrected chi connectivity index (χ1v) is 13.4. The van der Waals surface area contributed by atoms with E-state index in [1.54, 1.807) is 0 Å². The van der Waals surface area contributed by atoms with Gasteiger partial charge in [0.05, 0.1) is 19.3 Å². The van der Waals surface area contributed by atoms with Crippen molar-refractivity contribution in [1.82, 2.24) is 0 Å². The Hall–Kier alpha value is -1.23. The number of fused-ring (bicyclic) bond motifs is 5. The topological polar surface area (TPSA) is 77.8 Å².